The predicted octanol–water partition coefficient (Wildman–Crippen LogP) is 6.00. The average Bonchev–Trinajstić information content (AvgIpc) is 2.93. The van der Waals surface area contributed by atoms with Crippen LogP contribution in [-0.4, -0.2) is 46.1 Å². The molecule has 0 radical (unpaired) electrons. The molecule has 0 saturated heterocycles. The van der Waals surface area contributed by atoms with Crippen LogP contribution < -0.4 is 10.6 Å². The molecule has 3 aromatic rings. The van der Waals surface area contributed by atoms with Crippen LogP contribution in [0, 0.1) is 19.3 Å². The number of benzene rings is 3. The molecule has 3 amide bonds. The Morgan fingerprint density at radius 1 is 1.05 bits per heavy atom. The van der Waals surface area contributed by atoms with Crippen LogP contribution in [0.3, 0.4) is 0 Å². The molecule has 0 aliphatic carbocycles. The molecule has 0 saturated carbocycles. The number of nitrogens with one attached hydrogen (secondary N) is 2. The van der Waals surface area contributed by atoms with Crippen LogP contribution in [0.2, 0.25) is 5.02 Å². The Morgan fingerprint density at radius 3 is 2.24 bits per heavy atom. The van der Waals surface area contributed by atoms with Crippen LogP contribution in [0.5, 0.6) is 5.75 Å². The van der Waals surface area contributed by atoms with Gasteiger partial charge in [0.25, 0.3) is 5.91 Å². The van der Waals surface area contributed by atoms with Gasteiger partial charge in [-0.2, -0.15) is 0 Å². The van der Waals surface area contributed by atoms with Gasteiger partial charge in [0.2, 0.25) is 5.91 Å². The molecule has 0 aliphatic rings. The molecule has 8 nitrogen and oxygen atoms in total. The molecule has 0 aliphatic heterocycles. The summed E-state index contributed by atoms with van der Waals surface area (Å²) in [6.45, 7) is 8.87. The molecular weight excluding hydrogens is 554 g/mol. The summed E-state index contributed by atoms with van der Waals surface area (Å²) < 4.78 is 5.44. The SMILES string of the molecule is C#Cc1ccc(C(C(=O)Nc2c(C)cccc2Cl)N(CC)C(=O)C(Cc2ccc(O)cc2)NC(=O)OC(C)(C)C)cc1. The number of phenols is 1. The number of para-hydroxylation sites is 1. The Balaban J connectivity index is 2.04. The van der Waals surface area contributed by atoms with Crippen molar-refractivity contribution in [2.24, 2.45) is 0 Å². The summed E-state index contributed by atoms with van der Waals surface area (Å²) in [5, 5.41) is 15.7. The number of likely N-dealkylation sites (N-methyl/N-ethyl adjacent to an activating group) is 1. The second kappa shape index (κ2) is 13.9. The lowest BCUT2D eigenvalue weighted by Crippen LogP contribution is -2.53. The van der Waals surface area contributed by atoms with Crippen molar-refractivity contribution >= 4 is 35.2 Å². The summed E-state index contributed by atoms with van der Waals surface area (Å²) in [7, 11) is 0. The zero-order chi connectivity index (χ0) is 31.0. The second-order valence-corrected chi connectivity index (χ2v) is 11.2. The molecule has 2 unspecified atom stereocenters. The minimum absolute atomic E-state index is 0.0685. The molecule has 0 heterocycles. The van der Waals surface area contributed by atoms with E-state index in [-0.39, 0.29) is 18.7 Å². The molecule has 0 spiro atoms. The van der Waals surface area contributed by atoms with E-state index in [1.54, 1.807) is 76.2 Å². The number of carbonyl (C=O) groups excluding carboxylic acids is 3. The highest BCUT2D eigenvalue weighted by atomic mass is 35.5. The summed E-state index contributed by atoms with van der Waals surface area (Å²) in [4.78, 5) is 42.4. The molecule has 3 N–H and O–H groups in total. The average molecular weight is 590 g/mol. The minimum Gasteiger partial charge on any atom is -0.508 e. The Hall–Kier alpha value is -4.48. The Morgan fingerprint density at radius 2 is 1.69 bits per heavy atom. The van der Waals surface area contributed by atoms with Gasteiger partial charge in [0, 0.05) is 18.5 Å². The number of amides is 3. The fraction of sp³-hybridized carbons (Fsp3) is 0.303. The van der Waals surface area contributed by atoms with E-state index in [1.165, 1.54) is 17.0 Å². The van der Waals surface area contributed by atoms with Crippen molar-refractivity contribution in [3.05, 3.63) is 94.0 Å². The van der Waals surface area contributed by atoms with Crippen molar-refractivity contribution in [2.75, 3.05) is 11.9 Å². The van der Waals surface area contributed by atoms with E-state index < -0.39 is 35.6 Å². The maximum Gasteiger partial charge on any atom is 0.408 e. The van der Waals surface area contributed by atoms with Crippen molar-refractivity contribution in [1.82, 2.24) is 10.2 Å². The van der Waals surface area contributed by atoms with Gasteiger partial charge in [0.15, 0.2) is 0 Å². The number of hydrogen-bond acceptors (Lipinski definition) is 5. The lowest BCUT2D eigenvalue weighted by molar-refractivity contribution is -0.140. The van der Waals surface area contributed by atoms with E-state index in [4.69, 9.17) is 22.8 Å². The van der Waals surface area contributed by atoms with Crippen molar-refractivity contribution in [3.8, 4) is 18.1 Å². The zero-order valence-electron chi connectivity index (χ0n) is 24.4. The molecular formula is C33H36ClN3O5. The number of alkyl carbamates (subject to hydrolysis) is 1. The number of terminal acetylenes is 1. The highest BCUT2D eigenvalue weighted by molar-refractivity contribution is 6.34. The largest absolute Gasteiger partial charge is 0.508 e. The van der Waals surface area contributed by atoms with Gasteiger partial charge in [-0.05, 0) is 81.6 Å². The first-order valence-corrected chi connectivity index (χ1v) is 13.9. The van der Waals surface area contributed by atoms with Gasteiger partial charge in [-0.1, -0.05) is 53.9 Å². The van der Waals surface area contributed by atoms with Crippen molar-refractivity contribution in [2.45, 2.75) is 58.7 Å². The van der Waals surface area contributed by atoms with Crippen LogP contribution in [0.4, 0.5) is 10.5 Å². The van der Waals surface area contributed by atoms with Gasteiger partial charge in [-0.25, -0.2) is 4.79 Å². The third-order valence-corrected chi connectivity index (χ3v) is 6.73. The minimum atomic E-state index is -1.09. The number of phenolic OH excluding ortho intramolecular Hbond substituents is 1. The molecule has 0 aromatic heterocycles. The van der Waals surface area contributed by atoms with Gasteiger partial charge < -0.3 is 25.4 Å². The Bertz CT molecular complexity index is 1440. The van der Waals surface area contributed by atoms with Crippen LogP contribution in [0.15, 0.2) is 66.7 Å². The quantitative estimate of drug-likeness (QED) is 0.265. The maximum absolute atomic E-state index is 14.2. The predicted molar refractivity (Wildman–Crippen MR) is 164 cm³/mol. The molecule has 3 aromatic carbocycles. The van der Waals surface area contributed by atoms with Crippen LogP contribution in [0.25, 0.3) is 0 Å². The number of ether oxygens (including phenoxy) is 1. The van der Waals surface area contributed by atoms with E-state index in [9.17, 15) is 19.5 Å². The van der Waals surface area contributed by atoms with E-state index in [0.717, 1.165) is 5.56 Å². The van der Waals surface area contributed by atoms with Crippen LogP contribution >= 0.6 is 11.6 Å². The summed E-state index contributed by atoms with van der Waals surface area (Å²) in [6, 6.07) is 16.2. The van der Waals surface area contributed by atoms with Gasteiger partial charge >= 0.3 is 6.09 Å². The first-order valence-electron chi connectivity index (χ1n) is 13.5. The second-order valence-electron chi connectivity index (χ2n) is 10.8. The molecule has 42 heavy (non-hydrogen) atoms. The number of hydrogen-bond donors (Lipinski definition) is 3. The van der Waals surface area contributed by atoms with Crippen LogP contribution in [0.1, 0.15) is 56.0 Å². The third-order valence-electron chi connectivity index (χ3n) is 6.41. The molecule has 0 fully saturated rings. The number of aryl methyl sites for hydroxylation is 1. The molecule has 2 atom stereocenters. The zero-order valence-corrected chi connectivity index (χ0v) is 25.2. The fourth-order valence-electron chi connectivity index (χ4n) is 4.40. The molecule has 220 valence electrons. The van der Waals surface area contributed by atoms with Crippen molar-refractivity contribution < 1.29 is 24.2 Å². The van der Waals surface area contributed by atoms with Crippen molar-refractivity contribution in [3.63, 3.8) is 0 Å². The van der Waals surface area contributed by atoms with E-state index in [0.29, 0.717) is 27.4 Å². The maximum atomic E-state index is 14.2. The first kappa shape index (κ1) is 32.0. The van der Waals surface area contributed by atoms with E-state index in [2.05, 4.69) is 16.6 Å². The normalized spacial score (nSPS) is 12.4. The first-order chi connectivity index (χ1) is 19.8. The smallest absolute Gasteiger partial charge is 0.408 e. The van der Waals surface area contributed by atoms with Gasteiger partial charge in [0.1, 0.15) is 23.4 Å². The Labute approximate surface area is 252 Å². The summed E-state index contributed by atoms with van der Waals surface area (Å²) in [6.07, 6.45) is 4.85. The third kappa shape index (κ3) is 8.51. The highest BCUT2D eigenvalue weighted by Crippen LogP contribution is 2.29. The number of nitrogens with zero attached hydrogens (tertiary/aromatic N) is 1. The standard InChI is InChI=1S/C33H36ClN3O5/c1-7-22-12-16-24(17-13-22)29(30(39)36-28-21(3)10-9-11-26(28)34)37(8-2)31(40)27(35-32(41)42-33(4,5)6)20-23-14-18-25(38)19-15-23/h1,9-19,27,29,38H,8,20H2,2-6H3,(H,35,41)(H,36,39). The van der Waals surface area contributed by atoms with E-state index >= 15 is 0 Å². The summed E-state index contributed by atoms with van der Waals surface area (Å²) in [5.74, 6) is 1.63. The molecule has 3 rings (SSSR count). The number of halogens is 1. The Kier molecular flexibility index (Phi) is 10.6. The molecule has 9 heteroatoms. The summed E-state index contributed by atoms with van der Waals surface area (Å²) >= 11 is 6.41. The van der Waals surface area contributed by atoms with Crippen molar-refractivity contribution in [1.29, 1.82) is 0 Å². The monoisotopic (exact) mass is 589 g/mol. The number of aromatic hydroxyl groups is 1. The van der Waals surface area contributed by atoms with Gasteiger partial charge in [0.05, 0.1) is 10.7 Å². The van der Waals surface area contributed by atoms with E-state index in [1.807, 2.05) is 13.0 Å². The van der Waals surface area contributed by atoms with Crippen LogP contribution in [-0.2, 0) is 20.7 Å². The lowest BCUT2D eigenvalue weighted by Gasteiger charge is -2.34. The number of carbonyl (C=O) groups is 3. The topological polar surface area (TPSA) is 108 Å². The van der Waals surface area contributed by atoms with Gasteiger partial charge in [-0.3, -0.25) is 9.59 Å². The lowest BCUT2D eigenvalue weighted by atomic mass is 9.99. The summed E-state index contributed by atoms with van der Waals surface area (Å²) in [5.41, 5.74) is 2.21. The fourth-order valence-corrected chi connectivity index (χ4v) is 4.67. The number of anilines is 1. The molecule has 0 bridgehead atoms. The highest BCUT2D eigenvalue weighted by Gasteiger charge is 2.36. The number of rotatable bonds is 9. The van der Waals surface area contributed by atoms with Gasteiger partial charge in [-0.15, -0.1) is 6.42 Å².